The SMILES string of the molecule is CC(C(=O)NCCc1ccccc1)N(Cc1ccc(Cl)cc1)C(=O)Cc1ccc(Cl)cc1. The number of halogens is 2. The molecule has 0 spiro atoms. The lowest BCUT2D eigenvalue weighted by molar-refractivity contribution is -0.140. The number of hydrogen-bond donors (Lipinski definition) is 1. The van der Waals surface area contributed by atoms with Crippen molar-refractivity contribution < 1.29 is 9.59 Å². The first kappa shape index (κ1) is 23.8. The first-order valence-corrected chi connectivity index (χ1v) is 11.3. The molecule has 1 unspecified atom stereocenters. The minimum absolute atomic E-state index is 0.131. The lowest BCUT2D eigenvalue weighted by atomic mass is 10.1. The van der Waals surface area contributed by atoms with Crippen molar-refractivity contribution in [2.75, 3.05) is 6.54 Å². The number of nitrogens with zero attached hydrogens (tertiary/aromatic N) is 1. The highest BCUT2D eigenvalue weighted by atomic mass is 35.5. The van der Waals surface area contributed by atoms with Crippen molar-refractivity contribution in [1.82, 2.24) is 10.2 Å². The van der Waals surface area contributed by atoms with Gasteiger partial charge in [-0.3, -0.25) is 9.59 Å². The van der Waals surface area contributed by atoms with E-state index in [0.29, 0.717) is 23.1 Å². The summed E-state index contributed by atoms with van der Waals surface area (Å²) >= 11 is 12.0. The van der Waals surface area contributed by atoms with Gasteiger partial charge in [0.1, 0.15) is 6.04 Å². The number of benzene rings is 3. The van der Waals surface area contributed by atoms with Crippen LogP contribution in [-0.2, 0) is 29.0 Å². The van der Waals surface area contributed by atoms with Gasteiger partial charge in [-0.2, -0.15) is 0 Å². The average molecular weight is 469 g/mol. The van der Waals surface area contributed by atoms with Crippen LogP contribution in [0.3, 0.4) is 0 Å². The maximum absolute atomic E-state index is 13.2. The third-order valence-corrected chi connectivity index (χ3v) is 5.76. The Morgan fingerprint density at radius 2 is 1.38 bits per heavy atom. The molecule has 2 amide bonds. The van der Waals surface area contributed by atoms with E-state index < -0.39 is 6.04 Å². The Hall–Kier alpha value is -2.82. The summed E-state index contributed by atoms with van der Waals surface area (Å²) in [7, 11) is 0. The van der Waals surface area contributed by atoms with Crippen LogP contribution in [0.1, 0.15) is 23.6 Å². The monoisotopic (exact) mass is 468 g/mol. The van der Waals surface area contributed by atoms with Gasteiger partial charge in [-0.05, 0) is 54.3 Å². The molecule has 0 fully saturated rings. The number of nitrogens with one attached hydrogen (secondary N) is 1. The van der Waals surface area contributed by atoms with Crippen LogP contribution in [0.15, 0.2) is 78.9 Å². The van der Waals surface area contributed by atoms with Gasteiger partial charge in [-0.25, -0.2) is 0 Å². The third kappa shape index (κ3) is 7.11. The summed E-state index contributed by atoms with van der Waals surface area (Å²) in [5.74, 6) is -0.313. The maximum atomic E-state index is 13.2. The van der Waals surface area contributed by atoms with Gasteiger partial charge in [0, 0.05) is 23.1 Å². The van der Waals surface area contributed by atoms with Crippen LogP contribution < -0.4 is 5.32 Å². The molecule has 3 aromatic carbocycles. The van der Waals surface area contributed by atoms with E-state index in [-0.39, 0.29) is 18.2 Å². The molecule has 4 nitrogen and oxygen atoms in total. The van der Waals surface area contributed by atoms with Gasteiger partial charge in [0.2, 0.25) is 11.8 Å². The van der Waals surface area contributed by atoms with Gasteiger partial charge in [0.25, 0.3) is 0 Å². The maximum Gasteiger partial charge on any atom is 0.242 e. The second-order valence-corrected chi connectivity index (χ2v) is 8.53. The van der Waals surface area contributed by atoms with E-state index in [1.54, 1.807) is 36.1 Å². The Labute approximate surface area is 199 Å². The van der Waals surface area contributed by atoms with Crippen LogP contribution in [0.5, 0.6) is 0 Å². The van der Waals surface area contributed by atoms with Crippen LogP contribution in [0.2, 0.25) is 10.0 Å². The molecule has 32 heavy (non-hydrogen) atoms. The van der Waals surface area contributed by atoms with E-state index in [2.05, 4.69) is 5.32 Å². The minimum atomic E-state index is -0.624. The molecule has 0 aliphatic carbocycles. The zero-order valence-electron chi connectivity index (χ0n) is 17.9. The van der Waals surface area contributed by atoms with Crippen molar-refractivity contribution in [3.63, 3.8) is 0 Å². The molecule has 0 aliphatic heterocycles. The quantitative estimate of drug-likeness (QED) is 0.462. The largest absolute Gasteiger partial charge is 0.354 e. The number of carbonyl (C=O) groups is 2. The number of rotatable bonds is 9. The predicted molar refractivity (Wildman–Crippen MR) is 130 cm³/mol. The van der Waals surface area contributed by atoms with Gasteiger partial charge >= 0.3 is 0 Å². The Morgan fingerprint density at radius 3 is 1.97 bits per heavy atom. The molecule has 0 saturated carbocycles. The zero-order valence-corrected chi connectivity index (χ0v) is 19.4. The Bertz CT molecular complexity index is 1020. The first-order chi connectivity index (χ1) is 15.4. The van der Waals surface area contributed by atoms with E-state index in [0.717, 1.165) is 23.1 Å². The molecule has 166 valence electrons. The van der Waals surface area contributed by atoms with Crippen molar-refractivity contribution in [1.29, 1.82) is 0 Å². The van der Waals surface area contributed by atoms with Crippen LogP contribution >= 0.6 is 23.2 Å². The molecule has 1 N–H and O–H groups in total. The second kappa shape index (κ2) is 11.7. The minimum Gasteiger partial charge on any atom is -0.354 e. The summed E-state index contributed by atoms with van der Waals surface area (Å²) in [4.78, 5) is 27.7. The molecule has 0 heterocycles. The predicted octanol–water partition coefficient (Wildman–Crippen LogP) is 5.31. The van der Waals surface area contributed by atoms with Gasteiger partial charge in [-0.15, -0.1) is 0 Å². The lowest BCUT2D eigenvalue weighted by Gasteiger charge is -2.29. The fraction of sp³-hybridized carbons (Fsp3) is 0.231. The van der Waals surface area contributed by atoms with E-state index in [9.17, 15) is 9.59 Å². The third-order valence-electron chi connectivity index (χ3n) is 5.26. The molecule has 0 radical (unpaired) electrons. The molecule has 3 rings (SSSR count). The molecule has 1 atom stereocenters. The van der Waals surface area contributed by atoms with E-state index >= 15 is 0 Å². The van der Waals surface area contributed by atoms with E-state index in [1.165, 1.54) is 0 Å². The highest BCUT2D eigenvalue weighted by Gasteiger charge is 2.26. The molecule has 6 heteroatoms. The topological polar surface area (TPSA) is 49.4 Å². The highest BCUT2D eigenvalue weighted by molar-refractivity contribution is 6.30. The molecule has 0 bridgehead atoms. The number of amides is 2. The Balaban J connectivity index is 1.69. The van der Waals surface area contributed by atoms with Gasteiger partial charge < -0.3 is 10.2 Å². The van der Waals surface area contributed by atoms with Crippen LogP contribution in [0.4, 0.5) is 0 Å². The average Bonchev–Trinajstić information content (AvgIpc) is 2.80. The highest BCUT2D eigenvalue weighted by Crippen LogP contribution is 2.16. The summed E-state index contributed by atoms with van der Waals surface area (Å²) < 4.78 is 0. The number of hydrogen-bond acceptors (Lipinski definition) is 2. The van der Waals surface area contributed by atoms with E-state index in [1.807, 2.05) is 54.6 Å². The first-order valence-electron chi connectivity index (χ1n) is 10.5. The zero-order chi connectivity index (χ0) is 22.9. The van der Waals surface area contributed by atoms with Crippen molar-refractivity contribution in [2.24, 2.45) is 0 Å². The van der Waals surface area contributed by atoms with Crippen LogP contribution in [-0.4, -0.2) is 29.3 Å². The summed E-state index contributed by atoms with van der Waals surface area (Å²) in [5, 5.41) is 4.20. The van der Waals surface area contributed by atoms with Crippen LogP contribution in [0.25, 0.3) is 0 Å². The summed E-state index contributed by atoms with van der Waals surface area (Å²) in [6.07, 6.45) is 0.918. The lowest BCUT2D eigenvalue weighted by Crippen LogP contribution is -2.48. The Kier molecular flexibility index (Phi) is 8.72. The molecule has 0 saturated heterocycles. The second-order valence-electron chi connectivity index (χ2n) is 7.65. The summed E-state index contributed by atoms with van der Waals surface area (Å²) in [5.41, 5.74) is 2.90. The van der Waals surface area contributed by atoms with Gasteiger partial charge in [-0.1, -0.05) is 77.8 Å². The van der Waals surface area contributed by atoms with Crippen molar-refractivity contribution in [2.45, 2.75) is 32.4 Å². The van der Waals surface area contributed by atoms with Crippen molar-refractivity contribution in [3.05, 3.63) is 106 Å². The Morgan fingerprint density at radius 1 is 0.812 bits per heavy atom. The van der Waals surface area contributed by atoms with Crippen LogP contribution in [0, 0.1) is 0 Å². The molecule has 3 aromatic rings. The molecule has 0 aliphatic rings. The molecular weight excluding hydrogens is 443 g/mol. The molecular formula is C26H26Cl2N2O2. The van der Waals surface area contributed by atoms with E-state index in [4.69, 9.17) is 23.2 Å². The summed E-state index contributed by atoms with van der Waals surface area (Å²) in [6.45, 7) is 2.58. The molecule has 0 aromatic heterocycles. The normalized spacial score (nSPS) is 11.6. The van der Waals surface area contributed by atoms with Crippen molar-refractivity contribution in [3.8, 4) is 0 Å². The smallest absolute Gasteiger partial charge is 0.242 e. The van der Waals surface area contributed by atoms with Gasteiger partial charge in [0.15, 0.2) is 0 Å². The van der Waals surface area contributed by atoms with Crippen molar-refractivity contribution >= 4 is 35.0 Å². The fourth-order valence-electron chi connectivity index (χ4n) is 3.37. The standard InChI is InChI=1S/C26H26Cl2N2O2/c1-19(26(32)29-16-15-20-5-3-2-4-6-20)30(18-22-9-13-24(28)14-10-22)25(31)17-21-7-11-23(27)12-8-21/h2-14,19H,15-18H2,1H3,(H,29,32). The number of carbonyl (C=O) groups excluding carboxylic acids is 2. The van der Waals surface area contributed by atoms with Gasteiger partial charge in [0.05, 0.1) is 6.42 Å². The summed E-state index contributed by atoms with van der Waals surface area (Å²) in [6, 6.07) is 23.8. The fourth-order valence-corrected chi connectivity index (χ4v) is 3.62.